The number of hydrogen-bond donors (Lipinski definition) is 3. The molecular formula is C21H29ClN2O3. The molecule has 0 radical (unpaired) electrons. The van der Waals surface area contributed by atoms with E-state index in [1.807, 2.05) is 31.2 Å². The highest BCUT2D eigenvalue weighted by molar-refractivity contribution is 6.32. The van der Waals surface area contributed by atoms with Gasteiger partial charge < -0.3 is 25.2 Å². The standard InChI is InChI=1S/C21H29ClN2O3/c1-3-26-20-13-18(14-24-8-7-23-9-10-25)12-19(22)21(20)27-15-17-6-4-5-16(2)11-17/h4-6,11-13,23-25H,3,7-10,14-15H2,1-2H3. The summed E-state index contributed by atoms with van der Waals surface area (Å²) in [6.45, 7) is 8.01. The van der Waals surface area contributed by atoms with E-state index in [1.54, 1.807) is 0 Å². The van der Waals surface area contributed by atoms with Crippen LogP contribution in [0.2, 0.25) is 5.02 Å². The Bertz CT molecular complexity index is 710. The van der Waals surface area contributed by atoms with Gasteiger partial charge in [-0.15, -0.1) is 0 Å². The summed E-state index contributed by atoms with van der Waals surface area (Å²) in [5.74, 6) is 1.24. The van der Waals surface area contributed by atoms with E-state index < -0.39 is 0 Å². The van der Waals surface area contributed by atoms with Crippen molar-refractivity contribution in [3.63, 3.8) is 0 Å². The first-order chi connectivity index (χ1) is 13.1. The molecule has 2 aromatic rings. The number of halogens is 1. The zero-order chi connectivity index (χ0) is 19.5. The van der Waals surface area contributed by atoms with Crippen LogP contribution in [0, 0.1) is 6.92 Å². The molecule has 0 aliphatic heterocycles. The lowest BCUT2D eigenvalue weighted by Crippen LogP contribution is -2.28. The lowest BCUT2D eigenvalue weighted by Gasteiger charge is -2.16. The van der Waals surface area contributed by atoms with Crippen LogP contribution in [0.1, 0.15) is 23.6 Å². The van der Waals surface area contributed by atoms with E-state index >= 15 is 0 Å². The first-order valence-corrected chi connectivity index (χ1v) is 9.67. The molecule has 0 bridgehead atoms. The summed E-state index contributed by atoms with van der Waals surface area (Å²) in [4.78, 5) is 0. The molecule has 0 saturated heterocycles. The highest BCUT2D eigenvalue weighted by atomic mass is 35.5. The molecule has 148 valence electrons. The van der Waals surface area contributed by atoms with Gasteiger partial charge >= 0.3 is 0 Å². The van der Waals surface area contributed by atoms with Crippen molar-refractivity contribution in [3.05, 3.63) is 58.1 Å². The van der Waals surface area contributed by atoms with Gasteiger partial charge in [0.25, 0.3) is 0 Å². The van der Waals surface area contributed by atoms with Gasteiger partial charge in [-0.3, -0.25) is 0 Å². The molecule has 6 heteroatoms. The van der Waals surface area contributed by atoms with E-state index in [4.69, 9.17) is 26.2 Å². The highest BCUT2D eigenvalue weighted by Gasteiger charge is 2.13. The minimum Gasteiger partial charge on any atom is -0.490 e. The van der Waals surface area contributed by atoms with Gasteiger partial charge in [-0.25, -0.2) is 0 Å². The number of hydrogen-bond acceptors (Lipinski definition) is 5. The summed E-state index contributed by atoms with van der Waals surface area (Å²) in [5, 5.41) is 15.8. The van der Waals surface area contributed by atoms with Crippen molar-refractivity contribution < 1.29 is 14.6 Å². The van der Waals surface area contributed by atoms with Crippen molar-refractivity contribution in [3.8, 4) is 11.5 Å². The quantitative estimate of drug-likeness (QED) is 0.484. The summed E-state index contributed by atoms with van der Waals surface area (Å²) in [6.07, 6.45) is 0. The molecule has 0 unspecified atom stereocenters. The summed E-state index contributed by atoms with van der Waals surface area (Å²) in [7, 11) is 0. The van der Waals surface area contributed by atoms with E-state index in [9.17, 15) is 0 Å². The van der Waals surface area contributed by atoms with E-state index in [2.05, 4.69) is 29.7 Å². The van der Waals surface area contributed by atoms with Crippen molar-refractivity contribution >= 4 is 11.6 Å². The van der Waals surface area contributed by atoms with Crippen molar-refractivity contribution in [2.75, 3.05) is 32.8 Å². The molecule has 0 fully saturated rings. The van der Waals surface area contributed by atoms with Crippen LogP contribution in [0.3, 0.4) is 0 Å². The minimum atomic E-state index is 0.150. The molecule has 2 rings (SSSR count). The normalized spacial score (nSPS) is 10.8. The monoisotopic (exact) mass is 392 g/mol. The van der Waals surface area contributed by atoms with Crippen LogP contribution in [-0.2, 0) is 13.2 Å². The Labute approximate surface area is 166 Å². The third kappa shape index (κ3) is 7.39. The molecule has 2 aromatic carbocycles. The predicted molar refractivity (Wildman–Crippen MR) is 110 cm³/mol. The summed E-state index contributed by atoms with van der Waals surface area (Å²) >= 11 is 6.48. The Morgan fingerprint density at radius 2 is 1.81 bits per heavy atom. The number of benzene rings is 2. The highest BCUT2D eigenvalue weighted by Crippen LogP contribution is 2.37. The fourth-order valence-corrected chi connectivity index (χ4v) is 2.99. The van der Waals surface area contributed by atoms with Crippen LogP contribution in [0.25, 0.3) is 0 Å². The molecule has 0 amide bonds. The lowest BCUT2D eigenvalue weighted by atomic mass is 10.1. The van der Waals surface area contributed by atoms with Crippen LogP contribution in [0.15, 0.2) is 36.4 Å². The van der Waals surface area contributed by atoms with Gasteiger partial charge in [0, 0.05) is 26.2 Å². The Hall–Kier alpha value is -1.79. The minimum absolute atomic E-state index is 0.150. The van der Waals surface area contributed by atoms with Crippen molar-refractivity contribution in [2.45, 2.75) is 27.0 Å². The Kier molecular flexibility index (Phi) is 9.42. The maximum atomic E-state index is 8.75. The predicted octanol–water partition coefficient (Wildman–Crippen LogP) is 3.30. The fourth-order valence-electron chi connectivity index (χ4n) is 2.70. The van der Waals surface area contributed by atoms with E-state index in [-0.39, 0.29) is 6.61 Å². The second-order valence-corrected chi connectivity index (χ2v) is 6.67. The number of ether oxygens (including phenoxy) is 2. The van der Waals surface area contributed by atoms with Crippen molar-refractivity contribution in [1.29, 1.82) is 0 Å². The maximum absolute atomic E-state index is 8.75. The Morgan fingerprint density at radius 3 is 2.56 bits per heavy atom. The van der Waals surface area contributed by atoms with Crippen LogP contribution in [0.5, 0.6) is 11.5 Å². The van der Waals surface area contributed by atoms with Gasteiger partial charge in [-0.1, -0.05) is 41.4 Å². The summed E-state index contributed by atoms with van der Waals surface area (Å²) < 4.78 is 11.7. The Morgan fingerprint density at radius 1 is 1.00 bits per heavy atom. The van der Waals surface area contributed by atoms with Crippen LogP contribution in [-0.4, -0.2) is 38.0 Å². The summed E-state index contributed by atoms with van der Waals surface area (Å²) in [5.41, 5.74) is 3.32. The smallest absolute Gasteiger partial charge is 0.180 e. The van der Waals surface area contributed by atoms with Crippen molar-refractivity contribution in [2.24, 2.45) is 0 Å². The number of aliphatic hydroxyl groups excluding tert-OH is 1. The maximum Gasteiger partial charge on any atom is 0.180 e. The van der Waals surface area contributed by atoms with E-state index in [0.717, 1.165) is 24.2 Å². The van der Waals surface area contributed by atoms with Gasteiger partial charge in [-0.2, -0.15) is 0 Å². The van der Waals surface area contributed by atoms with E-state index in [1.165, 1.54) is 5.56 Å². The third-order valence-corrected chi connectivity index (χ3v) is 4.21. The SMILES string of the molecule is CCOc1cc(CNCCNCCO)cc(Cl)c1OCc1cccc(C)c1. The Balaban J connectivity index is 1.99. The first kappa shape index (κ1) is 21.5. The fraction of sp³-hybridized carbons (Fsp3) is 0.429. The van der Waals surface area contributed by atoms with Crippen LogP contribution < -0.4 is 20.1 Å². The summed E-state index contributed by atoms with van der Waals surface area (Å²) in [6, 6.07) is 12.1. The van der Waals surface area contributed by atoms with Crippen LogP contribution >= 0.6 is 11.6 Å². The van der Waals surface area contributed by atoms with Gasteiger partial charge in [0.15, 0.2) is 11.5 Å². The van der Waals surface area contributed by atoms with Gasteiger partial charge in [0.05, 0.1) is 18.2 Å². The van der Waals surface area contributed by atoms with Crippen molar-refractivity contribution in [1.82, 2.24) is 10.6 Å². The van der Waals surface area contributed by atoms with Gasteiger partial charge in [-0.05, 0) is 37.1 Å². The second-order valence-electron chi connectivity index (χ2n) is 6.27. The lowest BCUT2D eigenvalue weighted by molar-refractivity contribution is 0.269. The van der Waals surface area contributed by atoms with E-state index in [0.29, 0.717) is 42.8 Å². The zero-order valence-corrected chi connectivity index (χ0v) is 16.8. The molecule has 0 saturated carbocycles. The number of rotatable bonds is 12. The molecule has 5 nitrogen and oxygen atoms in total. The number of aliphatic hydroxyl groups is 1. The molecular weight excluding hydrogens is 364 g/mol. The molecule has 27 heavy (non-hydrogen) atoms. The third-order valence-electron chi connectivity index (χ3n) is 3.93. The molecule has 0 aliphatic carbocycles. The number of nitrogens with one attached hydrogen (secondary N) is 2. The van der Waals surface area contributed by atoms with Crippen LogP contribution in [0.4, 0.5) is 0 Å². The molecule has 0 atom stereocenters. The molecule has 0 spiro atoms. The molecule has 0 heterocycles. The largest absolute Gasteiger partial charge is 0.490 e. The number of aryl methyl sites for hydroxylation is 1. The topological polar surface area (TPSA) is 62.8 Å². The molecule has 0 aromatic heterocycles. The molecule has 3 N–H and O–H groups in total. The first-order valence-electron chi connectivity index (χ1n) is 9.30. The van der Waals surface area contributed by atoms with Gasteiger partial charge in [0.2, 0.25) is 0 Å². The zero-order valence-electron chi connectivity index (χ0n) is 16.1. The average Bonchev–Trinajstić information content (AvgIpc) is 2.64. The second kappa shape index (κ2) is 11.8. The average molecular weight is 393 g/mol. The van der Waals surface area contributed by atoms with Gasteiger partial charge in [0.1, 0.15) is 6.61 Å². The molecule has 0 aliphatic rings.